The molecule has 1 aliphatic carbocycles. The highest BCUT2D eigenvalue weighted by Crippen LogP contribution is 2.41. The van der Waals surface area contributed by atoms with Crippen LogP contribution < -0.4 is 10.6 Å². The molecule has 1 aromatic carbocycles. The number of hydrogen-bond acceptors (Lipinski definition) is 4. The van der Waals surface area contributed by atoms with Crippen LogP contribution in [0.3, 0.4) is 0 Å². The molecule has 1 saturated heterocycles. The van der Waals surface area contributed by atoms with Gasteiger partial charge < -0.3 is 20.5 Å². The van der Waals surface area contributed by atoms with Crippen LogP contribution in [0.25, 0.3) is 0 Å². The van der Waals surface area contributed by atoms with E-state index in [0.717, 1.165) is 51.1 Å². The Hall–Kier alpha value is -1.17. The monoisotopic (exact) mass is 322 g/mol. The van der Waals surface area contributed by atoms with Crippen LogP contribution >= 0.6 is 0 Å². The maximum atomic E-state index is 13.1. The van der Waals surface area contributed by atoms with Gasteiger partial charge in [-0.2, -0.15) is 0 Å². The summed E-state index contributed by atoms with van der Waals surface area (Å²) >= 11 is 0. The van der Waals surface area contributed by atoms with Crippen LogP contribution in [0.5, 0.6) is 0 Å². The maximum absolute atomic E-state index is 13.1. The number of anilines is 1. The molecule has 4 atom stereocenters. The Kier molecular flexibility index (Phi) is 5.19. The van der Waals surface area contributed by atoms with E-state index in [1.165, 1.54) is 12.1 Å². The summed E-state index contributed by atoms with van der Waals surface area (Å²) in [5, 5.41) is 18.1. The second-order valence-corrected chi connectivity index (χ2v) is 6.74. The van der Waals surface area contributed by atoms with E-state index in [0.29, 0.717) is 5.92 Å². The minimum absolute atomic E-state index is 0.0591. The summed E-state index contributed by atoms with van der Waals surface area (Å²) in [6, 6.07) is 6.27. The van der Waals surface area contributed by atoms with Gasteiger partial charge in [-0.25, -0.2) is 4.39 Å². The highest BCUT2D eigenvalue weighted by atomic mass is 19.1. The van der Waals surface area contributed by atoms with Crippen LogP contribution in [0.2, 0.25) is 0 Å². The van der Waals surface area contributed by atoms with Gasteiger partial charge in [0.15, 0.2) is 0 Å². The third-order valence-corrected chi connectivity index (χ3v) is 5.21. The third-order valence-electron chi connectivity index (χ3n) is 5.21. The number of ether oxygens (including phenoxy) is 1. The van der Waals surface area contributed by atoms with Gasteiger partial charge in [-0.15, -0.1) is 0 Å². The summed E-state index contributed by atoms with van der Waals surface area (Å²) < 4.78 is 19.1. The molecule has 1 aliphatic heterocycles. The number of nitrogens with one attached hydrogen (secondary N) is 2. The molecule has 2 aliphatic rings. The largest absolute Gasteiger partial charge is 0.385 e. The van der Waals surface area contributed by atoms with Crippen molar-refractivity contribution in [2.75, 3.05) is 25.0 Å². The molecule has 0 bridgehead atoms. The number of aliphatic hydroxyl groups is 1. The first-order valence-electron chi connectivity index (χ1n) is 8.70. The predicted octanol–water partition coefficient (Wildman–Crippen LogP) is 2.54. The summed E-state index contributed by atoms with van der Waals surface area (Å²) in [5.41, 5.74) is -0.00962. The van der Waals surface area contributed by atoms with Gasteiger partial charge in [0, 0.05) is 24.8 Å². The van der Waals surface area contributed by atoms with Crippen LogP contribution in [0.4, 0.5) is 10.1 Å². The second-order valence-electron chi connectivity index (χ2n) is 6.74. The summed E-state index contributed by atoms with van der Waals surface area (Å²) in [6.07, 6.45) is 3.40. The smallest absolute Gasteiger partial charge is 0.123 e. The van der Waals surface area contributed by atoms with E-state index in [1.807, 2.05) is 0 Å². The number of hydrogen-bond donors (Lipinski definition) is 3. The molecule has 1 heterocycles. The van der Waals surface area contributed by atoms with Crippen molar-refractivity contribution in [3.63, 3.8) is 0 Å². The van der Waals surface area contributed by atoms with Crippen molar-refractivity contribution in [1.29, 1.82) is 0 Å². The van der Waals surface area contributed by atoms with Crippen LogP contribution in [0.15, 0.2) is 24.3 Å². The van der Waals surface area contributed by atoms with Crippen LogP contribution in [0.1, 0.15) is 32.6 Å². The first-order chi connectivity index (χ1) is 11.1. The van der Waals surface area contributed by atoms with Gasteiger partial charge >= 0.3 is 0 Å². The molecule has 0 amide bonds. The highest BCUT2D eigenvalue weighted by molar-refractivity contribution is 5.45. The fraction of sp³-hybridized carbons (Fsp3) is 0.667. The van der Waals surface area contributed by atoms with Gasteiger partial charge in [0.05, 0.1) is 12.1 Å². The maximum Gasteiger partial charge on any atom is 0.123 e. The number of fused-ring (bicyclic) bond motifs is 1. The Bertz CT molecular complexity index is 510. The van der Waals surface area contributed by atoms with E-state index in [9.17, 15) is 9.50 Å². The van der Waals surface area contributed by atoms with Gasteiger partial charge in [-0.05, 0) is 56.5 Å². The first kappa shape index (κ1) is 16.7. The zero-order valence-electron chi connectivity index (χ0n) is 13.7. The third kappa shape index (κ3) is 3.52. The minimum atomic E-state index is -0.856. The molecule has 3 rings (SSSR count). The van der Waals surface area contributed by atoms with Crippen molar-refractivity contribution in [2.24, 2.45) is 5.92 Å². The Labute approximate surface area is 137 Å². The van der Waals surface area contributed by atoms with E-state index >= 15 is 0 Å². The van der Waals surface area contributed by atoms with Crippen molar-refractivity contribution in [3.05, 3.63) is 30.1 Å². The summed E-state index contributed by atoms with van der Waals surface area (Å²) in [4.78, 5) is 0. The number of rotatable bonds is 5. The van der Waals surface area contributed by atoms with Crippen molar-refractivity contribution in [2.45, 2.75) is 50.4 Å². The van der Waals surface area contributed by atoms with Gasteiger partial charge in [-0.1, -0.05) is 6.92 Å². The standard InChI is InChI=1S/C18H27FN2O2/c1-2-20-12-13-4-9-16(18(22)10-3-11-23-17(13)18)21-15-7-5-14(19)6-8-15/h5-8,13,16-17,20-22H,2-4,9-12H2,1H3. The average Bonchev–Trinajstić information content (AvgIpc) is 2.56. The molecule has 4 nitrogen and oxygen atoms in total. The Balaban J connectivity index is 1.75. The lowest BCUT2D eigenvalue weighted by atomic mass is 9.68. The van der Waals surface area contributed by atoms with Gasteiger partial charge in [0.1, 0.15) is 11.4 Å². The lowest BCUT2D eigenvalue weighted by Gasteiger charge is -2.52. The van der Waals surface area contributed by atoms with Gasteiger partial charge in [0.2, 0.25) is 0 Å². The quantitative estimate of drug-likeness (QED) is 0.780. The van der Waals surface area contributed by atoms with Gasteiger partial charge in [0.25, 0.3) is 0 Å². The molecule has 0 radical (unpaired) electrons. The molecule has 1 saturated carbocycles. The Morgan fingerprint density at radius 3 is 2.83 bits per heavy atom. The molecular weight excluding hydrogens is 295 g/mol. The Morgan fingerprint density at radius 1 is 1.30 bits per heavy atom. The summed E-state index contributed by atoms with van der Waals surface area (Å²) in [7, 11) is 0. The van der Waals surface area contributed by atoms with Crippen LogP contribution in [0, 0.1) is 11.7 Å². The summed E-state index contributed by atoms with van der Waals surface area (Å²) in [5.74, 6) is 0.0917. The van der Waals surface area contributed by atoms with Crippen molar-refractivity contribution in [3.8, 4) is 0 Å². The lowest BCUT2D eigenvalue weighted by molar-refractivity contribution is -0.189. The molecule has 0 spiro atoms. The van der Waals surface area contributed by atoms with Crippen molar-refractivity contribution in [1.82, 2.24) is 5.32 Å². The molecule has 4 unspecified atom stereocenters. The molecular formula is C18H27FN2O2. The minimum Gasteiger partial charge on any atom is -0.385 e. The molecule has 2 fully saturated rings. The highest BCUT2D eigenvalue weighted by Gasteiger charge is 2.52. The summed E-state index contributed by atoms with van der Waals surface area (Å²) in [6.45, 7) is 4.63. The molecule has 5 heteroatoms. The van der Waals surface area contributed by atoms with E-state index in [-0.39, 0.29) is 18.0 Å². The molecule has 23 heavy (non-hydrogen) atoms. The SMILES string of the molecule is CCNCC1CCC(Nc2ccc(F)cc2)C2(O)CCCOC12. The zero-order chi connectivity index (χ0) is 16.3. The predicted molar refractivity (Wildman–Crippen MR) is 89.0 cm³/mol. The topological polar surface area (TPSA) is 53.5 Å². The second kappa shape index (κ2) is 7.16. The molecule has 128 valence electrons. The first-order valence-corrected chi connectivity index (χ1v) is 8.70. The average molecular weight is 322 g/mol. The van der Waals surface area contributed by atoms with E-state index in [2.05, 4.69) is 17.6 Å². The fourth-order valence-electron chi connectivity index (χ4n) is 4.03. The zero-order valence-corrected chi connectivity index (χ0v) is 13.7. The number of benzene rings is 1. The van der Waals surface area contributed by atoms with E-state index in [1.54, 1.807) is 12.1 Å². The van der Waals surface area contributed by atoms with Crippen LogP contribution in [-0.2, 0) is 4.74 Å². The van der Waals surface area contributed by atoms with Crippen molar-refractivity contribution >= 4 is 5.69 Å². The molecule has 3 N–H and O–H groups in total. The van der Waals surface area contributed by atoms with E-state index in [4.69, 9.17) is 4.74 Å². The molecule has 1 aromatic rings. The van der Waals surface area contributed by atoms with Crippen LogP contribution in [-0.4, -0.2) is 42.5 Å². The Morgan fingerprint density at radius 2 is 2.09 bits per heavy atom. The number of halogens is 1. The normalized spacial score (nSPS) is 34.0. The van der Waals surface area contributed by atoms with E-state index < -0.39 is 5.60 Å². The fourth-order valence-corrected chi connectivity index (χ4v) is 4.03. The molecule has 0 aromatic heterocycles. The van der Waals surface area contributed by atoms with Gasteiger partial charge in [-0.3, -0.25) is 0 Å². The lowest BCUT2D eigenvalue weighted by Crippen LogP contribution is -2.64. The van der Waals surface area contributed by atoms with Crippen molar-refractivity contribution < 1.29 is 14.2 Å².